The summed E-state index contributed by atoms with van der Waals surface area (Å²) in [5.74, 6) is 1.45. The van der Waals surface area contributed by atoms with E-state index in [0.29, 0.717) is 11.5 Å². The van der Waals surface area contributed by atoms with Gasteiger partial charge in [0.2, 0.25) is 0 Å². The van der Waals surface area contributed by atoms with Gasteiger partial charge in [-0.1, -0.05) is 0 Å². The Bertz CT molecular complexity index is 648. The van der Waals surface area contributed by atoms with Gasteiger partial charge in [-0.3, -0.25) is 14.8 Å². The van der Waals surface area contributed by atoms with Crippen molar-refractivity contribution in [2.24, 2.45) is 5.92 Å². The fourth-order valence-electron chi connectivity index (χ4n) is 2.92. The molecule has 3 rings (SSSR count). The fraction of sp³-hybridized carbons (Fsp3) is 0.467. The van der Waals surface area contributed by atoms with Crippen LogP contribution in [0.25, 0.3) is 0 Å². The average Bonchev–Trinajstić information content (AvgIpc) is 3.00. The quantitative estimate of drug-likeness (QED) is 0.640. The summed E-state index contributed by atoms with van der Waals surface area (Å²) in [6, 6.07) is 3.75. The molecule has 7 heteroatoms. The molecule has 0 radical (unpaired) electrons. The molecule has 1 saturated heterocycles. The van der Waals surface area contributed by atoms with Gasteiger partial charge in [0.1, 0.15) is 12.0 Å². The number of nitro groups is 1. The molecule has 0 unspecified atom stereocenters. The highest BCUT2D eigenvalue weighted by Crippen LogP contribution is 2.26. The van der Waals surface area contributed by atoms with Crippen molar-refractivity contribution in [1.82, 2.24) is 14.8 Å². The zero-order valence-corrected chi connectivity index (χ0v) is 12.6. The molecule has 0 amide bonds. The molecular formula is C15H19N5O2. The number of rotatable bonds is 4. The van der Waals surface area contributed by atoms with Crippen molar-refractivity contribution in [2.75, 3.05) is 18.0 Å². The van der Waals surface area contributed by atoms with Crippen molar-refractivity contribution < 1.29 is 4.92 Å². The van der Waals surface area contributed by atoms with Gasteiger partial charge >= 0.3 is 0 Å². The first-order valence-electron chi connectivity index (χ1n) is 7.47. The second-order valence-electron chi connectivity index (χ2n) is 5.74. The van der Waals surface area contributed by atoms with Gasteiger partial charge in [-0.2, -0.15) is 5.10 Å². The van der Waals surface area contributed by atoms with Crippen LogP contribution in [0.15, 0.2) is 30.7 Å². The Morgan fingerprint density at radius 2 is 2.18 bits per heavy atom. The van der Waals surface area contributed by atoms with Crippen LogP contribution in [0.3, 0.4) is 0 Å². The van der Waals surface area contributed by atoms with E-state index in [9.17, 15) is 10.1 Å². The SMILES string of the molecule is Cc1cc(N2CCC(Cn3cccn3)CC2)ncc1[N+](=O)[O-]. The molecule has 2 aromatic rings. The summed E-state index contributed by atoms with van der Waals surface area (Å²) >= 11 is 0. The third-order valence-corrected chi connectivity index (χ3v) is 4.21. The van der Waals surface area contributed by atoms with Crippen molar-refractivity contribution in [1.29, 1.82) is 0 Å². The summed E-state index contributed by atoms with van der Waals surface area (Å²) in [5, 5.41) is 15.1. The van der Waals surface area contributed by atoms with Crippen LogP contribution in [0.1, 0.15) is 18.4 Å². The third kappa shape index (κ3) is 3.08. The monoisotopic (exact) mass is 301 g/mol. The van der Waals surface area contributed by atoms with Crippen LogP contribution in [0.5, 0.6) is 0 Å². The Kier molecular flexibility index (Phi) is 4.04. The number of nitrogens with zero attached hydrogens (tertiary/aromatic N) is 5. The van der Waals surface area contributed by atoms with E-state index in [1.54, 1.807) is 13.1 Å². The van der Waals surface area contributed by atoms with E-state index in [2.05, 4.69) is 15.0 Å². The van der Waals surface area contributed by atoms with Crippen LogP contribution in [-0.2, 0) is 6.54 Å². The van der Waals surface area contributed by atoms with E-state index in [0.717, 1.165) is 38.3 Å². The first-order chi connectivity index (χ1) is 10.6. The molecule has 1 aliphatic heterocycles. The topological polar surface area (TPSA) is 77.1 Å². The zero-order valence-electron chi connectivity index (χ0n) is 12.6. The predicted octanol–water partition coefficient (Wildman–Crippen LogP) is 2.41. The maximum atomic E-state index is 10.8. The second kappa shape index (κ2) is 6.13. The Morgan fingerprint density at radius 1 is 1.41 bits per heavy atom. The molecule has 0 N–H and O–H groups in total. The molecule has 0 aliphatic carbocycles. The Hall–Kier alpha value is -2.44. The maximum Gasteiger partial charge on any atom is 0.290 e. The van der Waals surface area contributed by atoms with Gasteiger partial charge in [0.25, 0.3) is 5.69 Å². The van der Waals surface area contributed by atoms with Crippen LogP contribution in [-0.4, -0.2) is 32.8 Å². The Labute approximate surface area is 128 Å². The van der Waals surface area contributed by atoms with Crippen molar-refractivity contribution >= 4 is 11.5 Å². The van der Waals surface area contributed by atoms with E-state index >= 15 is 0 Å². The predicted molar refractivity (Wildman–Crippen MR) is 82.8 cm³/mol. The normalized spacial score (nSPS) is 16.0. The number of anilines is 1. The number of piperidine rings is 1. The molecule has 1 fully saturated rings. The summed E-state index contributed by atoms with van der Waals surface area (Å²) in [4.78, 5) is 16.9. The maximum absolute atomic E-state index is 10.8. The largest absolute Gasteiger partial charge is 0.357 e. The highest BCUT2D eigenvalue weighted by atomic mass is 16.6. The van der Waals surface area contributed by atoms with Gasteiger partial charge in [-0.15, -0.1) is 0 Å². The van der Waals surface area contributed by atoms with Gasteiger partial charge in [0.15, 0.2) is 0 Å². The number of aryl methyl sites for hydroxylation is 1. The summed E-state index contributed by atoms with van der Waals surface area (Å²) in [5.41, 5.74) is 0.742. The lowest BCUT2D eigenvalue weighted by molar-refractivity contribution is -0.385. The van der Waals surface area contributed by atoms with E-state index in [4.69, 9.17) is 0 Å². The lowest BCUT2D eigenvalue weighted by atomic mass is 9.97. The van der Waals surface area contributed by atoms with Crippen LogP contribution in [0.2, 0.25) is 0 Å². The standard InChI is InChI=1S/C15H19N5O2/c1-12-9-15(16-10-14(12)20(21)22)18-7-3-13(4-8-18)11-19-6-2-5-17-19/h2,5-6,9-10,13H,3-4,7-8,11H2,1H3. The van der Waals surface area contributed by atoms with Gasteiger partial charge in [0, 0.05) is 37.6 Å². The van der Waals surface area contributed by atoms with E-state index in [1.165, 1.54) is 6.20 Å². The van der Waals surface area contributed by atoms with E-state index < -0.39 is 0 Å². The van der Waals surface area contributed by atoms with E-state index in [-0.39, 0.29) is 10.6 Å². The number of aromatic nitrogens is 3. The number of pyridine rings is 1. The molecule has 116 valence electrons. The van der Waals surface area contributed by atoms with Crippen molar-refractivity contribution in [3.05, 3.63) is 46.4 Å². The molecule has 0 atom stereocenters. The lowest BCUT2D eigenvalue weighted by Crippen LogP contribution is -2.35. The summed E-state index contributed by atoms with van der Waals surface area (Å²) in [6.45, 7) is 4.56. The molecule has 3 heterocycles. The number of hydrogen-bond donors (Lipinski definition) is 0. The van der Waals surface area contributed by atoms with Crippen molar-refractivity contribution in [3.63, 3.8) is 0 Å². The first-order valence-corrected chi connectivity index (χ1v) is 7.47. The summed E-state index contributed by atoms with van der Waals surface area (Å²) < 4.78 is 1.98. The molecular weight excluding hydrogens is 282 g/mol. The van der Waals surface area contributed by atoms with Crippen LogP contribution in [0, 0.1) is 23.0 Å². The average molecular weight is 301 g/mol. The zero-order chi connectivity index (χ0) is 15.5. The molecule has 0 aromatic carbocycles. The molecule has 22 heavy (non-hydrogen) atoms. The molecule has 1 aliphatic rings. The van der Waals surface area contributed by atoms with Crippen LogP contribution < -0.4 is 4.90 Å². The minimum Gasteiger partial charge on any atom is -0.357 e. The summed E-state index contributed by atoms with van der Waals surface area (Å²) in [6.07, 6.45) is 7.32. The van der Waals surface area contributed by atoms with Crippen molar-refractivity contribution in [3.8, 4) is 0 Å². The second-order valence-corrected chi connectivity index (χ2v) is 5.74. The molecule has 0 bridgehead atoms. The molecule has 7 nitrogen and oxygen atoms in total. The minimum atomic E-state index is -0.386. The fourth-order valence-corrected chi connectivity index (χ4v) is 2.92. The van der Waals surface area contributed by atoms with Crippen molar-refractivity contribution in [2.45, 2.75) is 26.3 Å². The minimum absolute atomic E-state index is 0.0809. The molecule has 0 spiro atoms. The van der Waals surface area contributed by atoms with Crippen LogP contribution >= 0.6 is 0 Å². The van der Waals surface area contributed by atoms with Gasteiger partial charge in [-0.05, 0) is 37.8 Å². The van der Waals surface area contributed by atoms with Gasteiger partial charge in [0.05, 0.1) is 4.92 Å². The van der Waals surface area contributed by atoms with E-state index in [1.807, 2.05) is 23.0 Å². The number of hydrogen-bond acceptors (Lipinski definition) is 5. The van der Waals surface area contributed by atoms with Crippen LogP contribution in [0.4, 0.5) is 11.5 Å². The molecule has 0 saturated carbocycles. The smallest absolute Gasteiger partial charge is 0.290 e. The lowest BCUT2D eigenvalue weighted by Gasteiger charge is -2.32. The highest BCUT2D eigenvalue weighted by molar-refractivity contribution is 5.48. The van der Waals surface area contributed by atoms with Gasteiger partial charge < -0.3 is 4.90 Å². The first kappa shape index (κ1) is 14.5. The molecule has 2 aromatic heterocycles. The van der Waals surface area contributed by atoms with Gasteiger partial charge in [-0.25, -0.2) is 4.98 Å². The highest BCUT2D eigenvalue weighted by Gasteiger charge is 2.22. The third-order valence-electron chi connectivity index (χ3n) is 4.21. The Morgan fingerprint density at radius 3 is 2.77 bits per heavy atom. The summed E-state index contributed by atoms with van der Waals surface area (Å²) in [7, 11) is 0. The Balaban J connectivity index is 1.61.